The molecule has 0 saturated heterocycles. The molecule has 0 radical (unpaired) electrons. The van der Waals surface area contributed by atoms with Crippen molar-refractivity contribution in [2.45, 2.75) is 71.5 Å². The fourth-order valence-electron chi connectivity index (χ4n) is 6.04. The quantitative estimate of drug-likeness (QED) is 0.205. The molecule has 0 aromatic heterocycles. The van der Waals surface area contributed by atoms with Gasteiger partial charge in [0.2, 0.25) is 0 Å². The second kappa shape index (κ2) is 12.8. The largest absolute Gasteiger partial charge is 0.492 e. The molecule has 1 heterocycles. The van der Waals surface area contributed by atoms with Gasteiger partial charge in [-0.2, -0.15) is 0 Å². The number of amides is 1. The van der Waals surface area contributed by atoms with Crippen LogP contribution in [0.25, 0.3) is 11.1 Å². The highest BCUT2D eigenvalue weighted by Crippen LogP contribution is 2.45. The van der Waals surface area contributed by atoms with Crippen LogP contribution in [-0.4, -0.2) is 44.5 Å². The van der Waals surface area contributed by atoms with Gasteiger partial charge in [0.15, 0.2) is 0 Å². The third-order valence-electron chi connectivity index (χ3n) is 7.88. The molecule has 234 valence electrons. The Morgan fingerprint density at radius 2 is 1.80 bits per heavy atom. The van der Waals surface area contributed by atoms with Crippen molar-refractivity contribution in [1.82, 2.24) is 5.32 Å². The van der Waals surface area contributed by atoms with Crippen molar-refractivity contribution in [3.8, 4) is 28.4 Å². The van der Waals surface area contributed by atoms with Crippen LogP contribution in [0.15, 0.2) is 42.5 Å². The van der Waals surface area contributed by atoms with Crippen molar-refractivity contribution < 1.29 is 37.7 Å². The van der Waals surface area contributed by atoms with Crippen LogP contribution in [0.2, 0.25) is 0 Å². The Kier molecular flexibility index (Phi) is 9.04. The Bertz CT molecular complexity index is 1540. The summed E-state index contributed by atoms with van der Waals surface area (Å²) in [5.41, 5.74) is 5.97. The average molecular weight is 606 g/mol. The number of carbonyl (C=O) groups excluding carboxylic acids is 2. The van der Waals surface area contributed by atoms with Crippen molar-refractivity contribution in [2.24, 2.45) is 0 Å². The Hall–Kier alpha value is -4.27. The summed E-state index contributed by atoms with van der Waals surface area (Å²) in [7, 11) is 1.38. The van der Waals surface area contributed by atoms with E-state index in [9.17, 15) is 9.59 Å². The molecule has 1 aliphatic carbocycles. The third-order valence-corrected chi connectivity index (χ3v) is 7.88. The van der Waals surface area contributed by atoms with Crippen molar-refractivity contribution in [3.63, 3.8) is 0 Å². The molecule has 0 fully saturated rings. The molecule has 0 saturated carbocycles. The molecule has 3 aromatic rings. The summed E-state index contributed by atoms with van der Waals surface area (Å²) in [5.74, 6) is 1.35. The molecule has 1 amide bonds. The van der Waals surface area contributed by atoms with Crippen LogP contribution in [0, 0.1) is 19.7 Å². The maximum atomic E-state index is 15.3. The van der Waals surface area contributed by atoms with E-state index in [1.165, 1.54) is 13.2 Å². The molecule has 0 bridgehead atoms. The summed E-state index contributed by atoms with van der Waals surface area (Å²) >= 11 is 0. The van der Waals surface area contributed by atoms with Crippen LogP contribution in [-0.2, 0) is 20.7 Å². The van der Waals surface area contributed by atoms with E-state index in [0.717, 1.165) is 33.4 Å². The molecular weight excluding hydrogens is 565 g/mol. The van der Waals surface area contributed by atoms with Crippen LogP contribution in [0.5, 0.6) is 17.2 Å². The summed E-state index contributed by atoms with van der Waals surface area (Å²) in [5, 5.41) is 2.70. The van der Waals surface area contributed by atoms with E-state index < -0.39 is 17.8 Å². The van der Waals surface area contributed by atoms with Crippen LogP contribution in [0.4, 0.5) is 9.18 Å². The van der Waals surface area contributed by atoms with E-state index in [0.29, 0.717) is 55.4 Å². The van der Waals surface area contributed by atoms with Gasteiger partial charge < -0.3 is 29.0 Å². The van der Waals surface area contributed by atoms with Crippen LogP contribution >= 0.6 is 0 Å². The van der Waals surface area contributed by atoms with Crippen LogP contribution < -0.4 is 19.5 Å². The lowest BCUT2D eigenvalue weighted by Gasteiger charge is -2.20. The van der Waals surface area contributed by atoms with Crippen LogP contribution in [0.3, 0.4) is 0 Å². The Morgan fingerprint density at radius 1 is 1.05 bits per heavy atom. The van der Waals surface area contributed by atoms with E-state index in [1.807, 2.05) is 71.0 Å². The standard InChI is InChI=1S/C35H40FNO7/c1-20-15-24(41-14-13-37-34(39)44-35(3,4)5)16-21(2)32(20)26-9-11-28(36)33-27(26)10-12-29(33)43-23-7-8-25-22(17-31(38)40-6)19-42-30(25)18-23/h7-9,11,15-16,18,22,29H,10,12-14,17,19H2,1-6H3,(H,37,39)/t22-,29-/m1/s1. The number of methoxy groups -OCH3 is 1. The first-order valence-electron chi connectivity index (χ1n) is 15.0. The first-order valence-corrected chi connectivity index (χ1v) is 15.0. The molecule has 2 aliphatic rings. The minimum absolute atomic E-state index is 0.0594. The van der Waals surface area contributed by atoms with Crippen molar-refractivity contribution in [1.29, 1.82) is 0 Å². The minimum atomic E-state index is -0.559. The summed E-state index contributed by atoms with van der Waals surface area (Å²) in [6, 6.07) is 12.9. The first kappa shape index (κ1) is 31.2. The van der Waals surface area contributed by atoms with Gasteiger partial charge in [-0.05, 0) is 99.5 Å². The Balaban J connectivity index is 1.29. The minimum Gasteiger partial charge on any atom is -0.492 e. The number of hydrogen-bond acceptors (Lipinski definition) is 7. The number of alkyl carbamates (subject to hydrolysis) is 1. The number of halogens is 1. The second-order valence-electron chi connectivity index (χ2n) is 12.3. The molecule has 3 aromatic carbocycles. The van der Waals surface area contributed by atoms with Crippen LogP contribution in [0.1, 0.15) is 73.5 Å². The summed E-state index contributed by atoms with van der Waals surface area (Å²) in [6.07, 6.45) is 0.672. The first-order chi connectivity index (χ1) is 20.9. The number of esters is 1. The number of ether oxygens (including phenoxy) is 5. The molecular formula is C35H40FNO7. The number of hydrogen-bond donors (Lipinski definition) is 1. The SMILES string of the molecule is COC(=O)C[C@@H]1COc2cc(O[C@@H]3CCc4c(-c5c(C)cc(OCCNC(=O)OC(C)(C)C)cc5C)ccc(F)c43)ccc21. The lowest BCUT2D eigenvalue weighted by atomic mass is 9.90. The fraction of sp³-hybridized carbons (Fsp3) is 0.429. The molecule has 44 heavy (non-hydrogen) atoms. The maximum Gasteiger partial charge on any atom is 0.407 e. The number of fused-ring (bicyclic) bond motifs is 2. The zero-order valence-electron chi connectivity index (χ0n) is 26.2. The predicted octanol–water partition coefficient (Wildman–Crippen LogP) is 7.12. The van der Waals surface area contributed by atoms with Crippen molar-refractivity contribution in [3.05, 3.63) is 76.1 Å². The average Bonchev–Trinajstić information content (AvgIpc) is 3.55. The van der Waals surface area contributed by atoms with Gasteiger partial charge in [-0.3, -0.25) is 4.79 Å². The van der Waals surface area contributed by atoms with Gasteiger partial charge in [0.05, 0.1) is 26.7 Å². The maximum absolute atomic E-state index is 15.3. The monoisotopic (exact) mass is 605 g/mol. The summed E-state index contributed by atoms with van der Waals surface area (Å²) in [6.45, 7) is 10.5. The zero-order valence-corrected chi connectivity index (χ0v) is 26.2. The van der Waals surface area contributed by atoms with Gasteiger partial charge in [-0.15, -0.1) is 0 Å². The second-order valence-corrected chi connectivity index (χ2v) is 12.3. The van der Waals surface area contributed by atoms with Gasteiger partial charge >= 0.3 is 12.1 Å². The van der Waals surface area contributed by atoms with Gasteiger partial charge in [0.1, 0.15) is 41.4 Å². The van der Waals surface area contributed by atoms with E-state index in [-0.39, 0.29) is 24.1 Å². The molecule has 1 N–H and O–H groups in total. The molecule has 2 atom stereocenters. The normalized spacial score (nSPS) is 16.9. The van der Waals surface area contributed by atoms with E-state index in [4.69, 9.17) is 23.7 Å². The van der Waals surface area contributed by atoms with Gasteiger partial charge in [-0.1, -0.05) is 12.1 Å². The highest BCUT2D eigenvalue weighted by atomic mass is 19.1. The highest BCUT2D eigenvalue weighted by molar-refractivity contribution is 5.76. The summed E-state index contributed by atoms with van der Waals surface area (Å²) < 4.78 is 43.5. The molecule has 8 nitrogen and oxygen atoms in total. The Labute approximate surface area is 257 Å². The smallest absolute Gasteiger partial charge is 0.407 e. The molecule has 0 spiro atoms. The van der Waals surface area contributed by atoms with Gasteiger partial charge in [0.25, 0.3) is 0 Å². The Morgan fingerprint density at radius 3 is 2.50 bits per heavy atom. The summed E-state index contributed by atoms with van der Waals surface area (Å²) in [4.78, 5) is 23.6. The van der Waals surface area contributed by atoms with E-state index in [1.54, 1.807) is 0 Å². The molecule has 0 unspecified atom stereocenters. The van der Waals surface area contributed by atoms with E-state index in [2.05, 4.69) is 5.32 Å². The molecule has 1 aliphatic heterocycles. The van der Waals surface area contributed by atoms with E-state index >= 15 is 4.39 Å². The molecule has 5 rings (SSSR count). The fourth-order valence-corrected chi connectivity index (χ4v) is 6.04. The number of benzene rings is 3. The van der Waals surface area contributed by atoms with Gasteiger partial charge in [0, 0.05) is 23.1 Å². The topological polar surface area (TPSA) is 92.3 Å². The number of carbonyl (C=O) groups is 2. The third kappa shape index (κ3) is 6.93. The van der Waals surface area contributed by atoms with Crippen molar-refractivity contribution in [2.75, 3.05) is 26.9 Å². The number of aryl methyl sites for hydroxylation is 2. The van der Waals surface area contributed by atoms with Gasteiger partial charge in [-0.25, -0.2) is 9.18 Å². The molecule has 9 heteroatoms. The van der Waals surface area contributed by atoms with Crippen molar-refractivity contribution >= 4 is 12.1 Å². The zero-order chi connectivity index (χ0) is 31.6. The number of rotatable bonds is 9. The number of nitrogens with one attached hydrogen (secondary N) is 1. The predicted molar refractivity (Wildman–Crippen MR) is 164 cm³/mol. The lowest BCUT2D eigenvalue weighted by Crippen LogP contribution is -2.34. The lowest BCUT2D eigenvalue weighted by molar-refractivity contribution is -0.141. The highest BCUT2D eigenvalue weighted by Gasteiger charge is 2.32.